The van der Waals surface area contributed by atoms with Gasteiger partial charge in [0.2, 0.25) is 10.0 Å². The lowest BCUT2D eigenvalue weighted by molar-refractivity contribution is -0.110. The molecule has 0 aromatic heterocycles. The number of hydrogen-bond donors (Lipinski definition) is 2. The number of methoxy groups -OCH3 is 2. The SMILES string of the molecule is CCC(Nc1ccc(N(CCN2CCCC2)S(C)(=O)=O)cc1)=C1C(=O)Nc2cc(OC)c(OC)cc21. The van der Waals surface area contributed by atoms with Crippen molar-refractivity contribution in [2.75, 3.05) is 61.6 Å². The molecule has 0 saturated carbocycles. The lowest BCUT2D eigenvalue weighted by Crippen LogP contribution is -2.37. The van der Waals surface area contributed by atoms with Crippen LogP contribution in [-0.2, 0) is 14.8 Å². The first-order valence-corrected chi connectivity index (χ1v) is 14.0. The zero-order valence-corrected chi connectivity index (χ0v) is 22.1. The molecule has 2 aliphatic rings. The monoisotopic (exact) mass is 514 g/mol. The van der Waals surface area contributed by atoms with Gasteiger partial charge in [-0.1, -0.05) is 6.92 Å². The van der Waals surface area contributed by atoms with Gasteiger partial charge in [0.25, 0.3) is 5.91 Å². The first kappa shape index (κ1) is 25.8. The number of nitrogens with one attached hydrogen (secondary N) is 2. The molecule has 1 fully saturated rings. The summed E-state index contributed by atoms with van der Waals surface area (Å²) in [5.74, 6) is 0.880. The van der Waals surface area contributed by atoms with Crippen LogP contribution in [0.3, 0.4) is 0 Å². The fourth-order valence-electron chi connectivity index (χ4n) is 4.73. The normalized spacial score (nSPS) is 16.9. The van der Waals surface area contributed by atoms with Crippen molar-refractivity contribution >= 4 is 38.6 Å². The number of nitrogens with zero attached hydrogens (tertiary/aromatic N) is 2. The molecule has 9 nitrogen and oxygen atoms in total. The van der Waals surface area contributed by atoms with Gasteiger partial charge in [0, 0.05) is 36.1 Å². The van der Waals surface area contributed by atoms with Crippen LogP contribution in [0.15, 0.2) is 42.1 Å². The first-order valence-electron chi connectivity index (χ1n) is 12.1. The molecular formula is C26H34N4O5S. The van der Waals surface area contributed by atoms with Crippen molar-refractivity contribution in [3.05, 3.63) is 47.7 Å². The van der Waals surface area contributed by atoms with Crippen LogP contribution in [0.5, 0.6) is 11.5 Å². The second kappa shape index (κ2) is 10.8. The van der Waals surface area contributed by atoms with Crippen molar-refractivity contribution in [3.8, 4) is 11.5 Å². The Balaban J connectivity index is 1.58. The second-order valence-corrected chi connectivity index (χ2v) is 10.9. The first-order chi connectivity index (χ1) is 17.2. The number of amides is 1. The van der Waals surface area contributed by atoms with Crippen LogP contribution in [0.25, 0.3) is 5.57 Å². The van der Waals surface area contributed by atoms with Gasteiger partial charge in [-0.3, -0.25) is 9.10 Å². The summed E-state index contributed by atoms with van der Waals surface area (Å²) in [6.07, 6.45) is 4.15. The third-order valence-electron chi connectivity index (χ3n) is 6.59. The van der Waals surface area contributed by atoms with Gasteiger partial charge in [-0.25, -0.2) is 8.42 Å². The molecule has 2 aliphatic heterocycles. The van der Waals surface area contributed by atoms with Gasteiger partial charge < -0.3 is 25.0 Å². The number of allylic oxidation sites excluding steroid dienone is 1. The zero-order chi connectivity index (χ0) is 25.9. The molecule has 4 rings (SSSR count). The van der Waals surface area contributed by atoms with E-state index in [-0.39, 0.29) is 5.91 Å². The van der Waals surface area contributed by atoms with E-state index in [1.165, 1.54) is 10.6 Å². The minimum absolute atomic E-state index is 0.202. The smallest absolute Gasteiger partial charge is 0.258 e. The largest absolute Gasteiger partial charge is 0.493 e. The van der Waals surface area contributed by atoms with Gasteiger partial charge in [0.15, 0.2) is 11.5 Å². The summed E-state index contributed by atoms with van der Waals surface area (Å²) in [6, 6.07) is 10.8. The van der Waals surface area contributed by atoms with E-state index in [1.54, 1.807) is 38.5 Å². The number of carbonyl (C=O) groups excluding carboxylic acids is 1. The molecule has 10 heteroatoms. The summed E-state index contributed by atoms with van der Waals surface area (Å²) < 4.78 is 37.2. The van der Waals surface area contributed by atoms with Crippen molar-refractivity contribution in [3.63, 3.8) is 0 Å². The highest BCUT2D eigenvalue weighted by Crippen LogP contribution is 2.42. The minimum Gasteiger partial charge on any atom is -0.493 e. The van der Waals surface area contributed by atoms with E-state index in [1.807, 2.05) is 19.1 Å². The standard InChI is InChI=1S/C26H34N4O5S/c1-5-21(25-20-16-23(34-2)24(35-3)17-22(20)28-26(25)31)27-18-8-10-19(11-9-18)30(36(4,32)33)15-14-29-12-6-7-13-29/h8-11,16-17,27H,5-7,12-15H2,1-4H3,(H,28,31). The number of benzene rings is 2. The maximum atomic E-state index is 12.9. The average Bonchev–Trinajstić information content (AvgIpc) is 3.48. The number of ether oxygens (including phenoxy) is 2. The molecular weight excluding hydrogens is 480 g/mol. The third-order valence-corrected chi connectivity index (χ3v) is 7.79. The molecule has 0 spiro atoms. The molecule has 1 amide bonds. The summed E-state index contributed by atoms with van der Waals surface area (Å²) in [7, 11) is -0.302. The summed E-state index contributed by atoms with van der Waals surface area (Å²) in [5, 5.41) is 6.26. The summed E-state index contributed by atoms with van der Waals surface area (Å²) in [6.45, 7) is 5.13. The van der Waals surface area contributed by atoms with E-state index >= 15 is 0 Å². The van der Waals surface area contributed by atoms with Gasteiger partial charge in [-0.05, 0) is 62.7 Å². The van der Waals surface area contributed by atoms with Crippen LogP contribution in [0.4, 0.5) is 17.1 Å². The van der Waals surface area contributed by atoms with Crippen molar-refractivity contribution in [1.82, 2.24) is 4.90 Å². The van der Waals surface area contributed by atoms with Gasteiger partial charge >= 0.3 is 0 Å². The number of likely N-dealkylation sites (tertiary alicyclic amines) is 1. The second-order valence-electron chi connectivity index (χ2n) is 8.97. The molecule has 2 aromatic carbocycles. The van der Waals surface area contributed by atoms with Crippen molar-refractivity contribution in [1.29, 1.82) is 0 Å². The molecule has 2 N–H and O–H groups in total. The van der Waals surface area contributed by atoms with Crippen LogP contribution >= 0.6 is 0 Å². The van der Waals surface area contributed by atoms with Crippen LogP contribution in [0.2, 0.25) is 0 Å². The predicted molar refractivity (Wildman–Crippen MR) is 143 cm³/mol. The molecule has 36 heavy (non-hydrogen) atoms. The lowest BCUT2D eigenvalue weighted by atomic mass is 10.0. The molecule has 0 radical (unpaired) electrons. The highest BCUT2D eigenvalue weighted by molar-refractivity contribution is 7.92. The van der Waals surface area contributed by atoms with Gasteiger partial charge in [0.1, 0.15) is 0 Å². The number of anilines is 3. The molecule has 1 saturated heterocycles. The van der Waals surface area contributed by atoms with Crippen molar-refractivity contribution < 1.29 is 22.7 Å². The molecule has 0 atom stereocenters. The maximum Gasteiger partial charge on any atom is 0.258 e. The Morgan fingerprint density at radius 3 is 2.31 bits per heavy atom. The Morgan fingerprint density at radius 2 is 1.72 bits per heavy atom. The van der Waals surface area contributed by atoms with E-state index in [0.29, 0.717) is 48.0 Å². The van der Waals surface area contributed by atoms with Gasteiger partial charge in [-0.15, -0.1) is 0 Å². The molecule has 194 valence electrons. The highest BCUT2D eigenvalue weighted by atomic mass is 32.2. The quantitative estimate of drug-likeness (QED) is 0.466. The Labute approximate surface area is 213 Å². The fourth-order valence-corrected chi connectivity index (χ4v) is 5.65. The Kier molecular flexibility index (Phi) is 7.75. The van der Waals surface area contributed by atoms with Crippen LogP contribution in [0.1, 0.15) is 31.7 Å². The number of rotatable bonds is 10. The third kappa shape index (κ3) is 5.44. The summed E-state index contributed by atoms with van der Waals surface area (Å²) >= 11 is 0. The van der Waals surface area contributed by atoms with E-state index in [2.05, 4.69) is 15.5 Å². The maximum absolute atomic E-state index is 12.9. The van der Waals surface area contributed by atoms with E-state index in [9.17, 15) is 13.2 Å². The number of carbonyl (C=O) groups is 1. The number of sulfonamides is 1. The predicted octanol–water partition coefficient (Wildman–Crippen LogP) is 3.75. The van der Waals surface area contributed by atoms with Crippen LogP contribution < -0.4 is 24.4 Å². The van der Waals surface area contributed by atoms with E-state index in [0.717, 1.165) is 42.9 Å². The molecule has 0 bridgehead atoms. The Hall–Kier alpha value is -3.24. The number of fused-ring (bicyclic) bond motifs is 1. The van der Waals surface area contributed by atoms with Crippen LogP contribution in [-0.4, -0.2) is 65.9 Å². The topological polar surface area (TPSA) is 100 Å². The summed E-state index contributed by atoms with van der Waals surface area (Å²) in [5.41, 5.74) is 4.08. The number of hydrogen-bond acceptors (Lipinski definition) is 7. The minimum atomic E-state index is -3.41. The molecule has 2 aromatic rings. The lowest BCUT2D eigenvalue weighted by Gasteiger charge is -2.25. The summed E-state index contributed by atoms with van der Waals surface area (Å²) in [4.78, 5) is 15.2. The van der Waals surface area contributed by atoms with Gasteiger partial charge in [0.05, 0.1) is 37.4 Å². The van der Waals surface area contributed by atoms with Crippen molar-refractivity contribution in [2.45, 2.75) is 26.2 Å². The molecule has 2 heterocycles. The molecule has 0 aliphatic carbocycles. The van der Waals surface area contributed by atoms with Crippen LogP contribution in [0, 0.1) is 0 Å². The van der Waals surface area contributed by atoms with E-state index in [4.69, 9.17) is 9.47 Å². The zero-order valence-electron chi connectivity index (χ0n) is 21.3. The Bertz CT molecular complexity index is 1250. The van der Waals surface area contributed by atoms with E-state index < -0.39 is 10.0 Å². The van der Waals surface area contributed by atoms with Crippen molar-refractivity contribution in [2.24, 2.45) is 0 Å². The fraction of sp³-hybridized carbons (Fsp3) is 0.423. The van der Waals surface area contributed by atoms with Gasteiger partial charge in [-0.2, -0.15) is 0 Å². The average molecular weight is 515 g/mol. The highest BCUT2D eigenvalue weighted by Gasteiger charge is 2.29. The molecule has 0 unspecified atom stereocenters. The Morgan fingerprint density at radius 1 is 1.08 bits per heavy atom.